The van der Waals surface area contributed by atoms with Crippen molar-refractivity contribution in [2.75, 3.05) is 11.9 Å². The number of aromatic nitrogens is 5. The molecule has 0 amide bonds. The van der Waals surface area contributed by atoms with Crippen LogP contribution in [0.4, 0.5) is 5.95 Å². The average molecular weight is 270 g/mol. The summed E-state index contributed by atoms with van der Waals surface area (Å²) in [5.41, 5.74) is 2.07. The number of anilines is 1. The summed E-state index contributed by atoms with van der Waals surface area (Å²) in [6, 6.07) is 4.05. The van der Waals surface area contributed by atoms with Crippen molar-refractivity contribution < 1.29 is 0 Å². The summed E-state index contributed by atoms with van der Waals surface area (Å²) in [7, 11) is 0. The Morgan fingerprint density at radius 3 is 3.05 bits per heavy atom. The number of hydrogen-bond acceptors (Lipinski definition) is 4. The molecule has 1 N–H and O–H groups in total. The molecule has 0 fully saturated rings. The molecule has 0 aromatic carbocycles. The first kappa shape index (κ1) is 12.7. The van der Waals surface area contributed by atoms with Crippen molar-refractivity contribution >= 4 is 11.6 Å². The van der Waals surface area contributed by atoms with Crippen LogP contribution in [0.1, 0.15) is 18.4 Å². The van der Waals surface area contributed by atoms with Crippen molar-refractivity contribution in [2.24, 2.45) is 0 Å². The van der Waals surface area contributed by atoms with Crippen LogP contribution < -0.4 is 5.32 Å². The Bertz CT molecular complexity index is 670. The lowest BCUT2D eigenvalue weighted by atomic mass is 10.3. The molecule has 3 aromatic rings. The Labute approximate surface area is 117 Å². The third-order valence-electron chi connectivity index (χ3n) is 3.18. The van der Waals surface area contributed by atoms with Gasteiger partial charge in [0.25, 0.3) is 0 Å². The molecule has 104 valence electrons. The maximum absolute atomic E-state index is 4.45. The van der Waals surface area contributed by atoms with Gasteiger partial charge >= 0.3 is 0 Å². The summed E-state index contributed by atoms with van der Waals surface area (Å²) in [5.74, 6) is 0.693. The predicted molar refractivity (Wildman–Crippen MR) is 77.7 cm³/mol. The maximum Gasteiger partial charge on any atom is 0.243 e. The van der Waals surface area contributed by atoms with E-state index < -0.39 is 0 Å². The fourth-order valence-electron chi connectivity index (χ4n) is 2.10. The summed E-state index contributed by atoms with van der Waals surface area (Å²) in [6.07, 6.45) is 9.75. The highest BCUT2D eigenvalue weighted by Crippen LogP contribution is 2.07. The SMILES string of the molecule is Cc1ccn2nc(NCCCCn3ccnc3)nc2c1. The fourth-order valence-corrected chi connectivity index (χ4v) is 2.10. The van der Waals surface area contributed by atoms with Crippen LogP contribution in [0.15, 0.2) is 37.1 Å². The first-order valence-corrected chi connectivity index (χ1v) is 6.84. The molecule has 0 radical (unpaired) electrons. The van der Waals surface area contributed by atoms with Gasteiger partial charge in [0.05, 0.1) is 6.33 Å². The van der Waals surface area contributed by atoms with Crippen LogP contribution >= 0.6 is 0 Å². The van der Waals surface area contributed by atoms with Gasteiger partial charge in [0.1, 0.15) is 0 Å². The number of rotatable bonds is 6. The highest BCUT2D eigenvalue weighted by atomic mass is 15.3. The fraction of sp³-hybridized carbons (Fsp3) is 0.357. The quantitative estimate of drug-likeness (QED) is 0.697. The predicted octanol–water partition coefficient (Wildman–Crippen LogP) is 2.13. The maximum atomic E-state index is 4.45. The zero-order chi connectivity index (χ0) is 13.8. The van der Waals surface area contributed by atoms with E-state index >= 15 is 0 Å². The molecule has 0 saturated heterocycles. The van der Waals surface area contributed by atoms with Crippen molar-refractivity contribution in [1.29, 1.82) is 0 Å². The van der Waals surface area contributed by atoms with E-state index in [0.717, 1.165) is 31.6 Å². The molecule has 0 atom stereocenters. The molecule has 0 aliphatic rings. The molecule has 20 heavy (non-hydrogen) atoms. The molecule has 6 nitrogen and oxygen atoms in total. The van der Waals surface area contributed by atoms with Crippen LogP contribution in [0.5, 0.6) is 0 Å². The summed E-state index contributed by atoms with van der Waals surface area (Å²) >= 11 is 0. The molecular weight excluding hydrogens is 252 g/mol. The van der Waals surface area contributed by atoms with E-state index in [-0.39, 0.29) is 0 Å². The van der Waals surface area contributed by atoms with Crippen molar-refractivity contribution in [3.05, 3.63) is 42.6 Å². The van der Waals surface area contributed by atoms with Gasteiger partial charge in [-0.25, -0.2) is 9.50 Å². The van der Waals surface area contributed by atoms with Crippen molar-refractivity contribution in [2.45, 2.75) is 26.3 Å². The number of imidazole rings is 1. The minimum Gasteiger partial charge on any atom is -0.353 e. The van der Waals surface area contributed by atoms with Crippen molar-refractivity contribution in [3.63, 3.8) is 0 Å². The molecule has 3 aromatic heterocycles. The first-order valence-electron chi connectivity index (χ1n) is 6.84. The molecule has 0 bridgehead atoms. The number of aryl methyl sites for hydroxylation is 2. The van der Waals surface area contributed by atoms with Crippen molar-refractivity contribution in [1.82, 2.24) is 24.1 Å². The lowest BCUT2D eigenvalue weighted by Crippen LogP contribution is -2.05. The Balaban J connectivity index is 1.47. The Morgan fingerprint density at radius 1 is 1.25 bits per heavy atom. The third-order valence-corrected chi connectivity index (χ3v) is 3.18. The lowest BCUT2D eigenvalue weighted by molar-refractivity contribution is 0.620. The van der Waals surface area contributed by atoms with Crippen LogP contribution in [-0.4, -0.2) is 30.7 Å². The number of hydrogen-bond donors (Lipinski definition) is 1. The van der Waals surface area contributed by atoms with E-state index in [4.69, 9.17) is 0 Å². The second-order valence-electron chi connectivity index (χ2n) is 4.88. The molecule has 0 saturated carbocycles. The van der Waals surface area contributed by atoms with E-state index in [2.05, 4.69) is 31.9 Å². The van der Waals surface area contributed by atoms with Crippen LogP contribution in [-0.2, 0) is 6.54 Å². The van der Waals surface area contributed by atoms with Gasteiger partial charge in [-0.1, -0.05) is 0 Å². The second kappa shape index (κ2) is 5.73. The van der Waals surface area contributed by atoms with Crippen LogP contribution in [0, 0.1) is 6.92 Å². The van der Waals surface area contributed by atoms with Gasteiger partial charge in [-0.2, -0.15) is 4.98 Å². The van der Waals surface area contributed by atoms with Gasteiger partial charge in [-0.05, 0) is 37.5 Å². The molecule has 0 aliphatic heterocycles. The first-order chi connectivity index (χ1) is 9.81. The number of unbranched alkanes of at least 4 members (excludes halogenated alkanes) is 1. The zero-order valence-corrected chi connectivity index (χ0v) is 11.5. The molecule has 0 aliphatic carbocycles. The number of pyridine rings is 1. The monoisotopic (exact) mass is 270 g/mol. The average Bonchev–Trinajstić information content (AvgIpc) is 3.06. The van der Waals surface area contributed by atoms with Gasteiger partial charge in [-0.3, -0.25) is 0 Å². The molecule has 0 unspecified atom stereocenters. The zero-order valence-electron chi connectivity index (χ0n) is 11.5. The van der Waals surface area contributed by atoms with Crippen LogP contribution in [0.25, 0.3) is 5.65 Å². The topological polar surface area (TPSA) is 60.0 Å². The van der Waals surface area contributed by atoms with Crippen LogP contribution in [0.2, 0.25) is 0 Å². The minimum atomic E-state index is 0.693. The number of fused-ring (bicyclic) bond motifs is 1. The number of nitrogens with one attached hydrogen (secondary N) is 1. The Morgan fingerprint density at radius 2 is 2.20 bits per heavy atom. The summed E-state index contributed by atoms with van der Waals surface area (Å²) in [4.78, 5) is 8.47. The van der Waals surface area contributed by atoms with Gasteiger partial charge in [0, 0.05) is 31.7 Å². The summed E-state index contributed by atoms with van der Waals surface area (Å²) in [6.45, 7) is 3.93. The van der Waals surface area contributed by atoms with E-state index in [9.17, 15) is 0 Å². The lowest BCUT2D eigenvalue weighted by Gasteiger charge is -2.02. The molecule has 3 rings (SSSR count). The smallest absolute Gasteiger partial charge is 0.243 e. The minimum absolute atomic E-state index is 0.693. The second-order valence-corrected chi connectivity index (χ2v) is 4.88. The highest BCUT2D eigenvalue weighted by Gasteiger charge is 2.02. The number of nitrogens with zero attached hydrogens (tertiary/aromatic N) is 5. The Hall–Kier alpha value is -2.37. The van der Waals surface area contributed by atoms with E-state index in [1.165, 1.54) is 5.56 Å². The third kappa shape index (κ3) is 2.96. The van der Waals surface area contributed by atoms with Crippen LogP contribution in [0.3, 0.4) is 0 Å². The summed E-state index contributed by atoms with van der Waals surface area (Å²) in [5, 5.41) is 7.65. The molecule has 6 heteroatoms. The Kier molecular flexibility index (Phi) is 3.62. The van der Waals surface area contributed by atoms with Crippen molar-refractivity contribution in [3.8, 4) is 0 Å². The van der Waals surface area contributed by atoms with E-state index in [1.54, 1.807) is 10.7 Å². The van der Waals surface area contributed by atoms with E-state index in [1.807, 2.05) is 30.9 Å². The standard InChI is InChI=1S/C14H18N6/c1-12-4-8-20-13(10-12)17-14(18-20)16-5-2-3-7-19-9-6-15-11-19/h4,6,8-11H,2-3,5,7H2,1H3,(H,16,18). The highest BCUT2D eigenvalue weighted by molar-refractivity contribution is 5.45. The van der Waals surface area contributed by atoms with Gasteiger partial charge in [0.15, 0.2) is 5.65 Å². The van der Waals surface area contributed by atoms with Gasteiger partial charge < -0.3 is 9.88 Å². The molecular formula is C14H18N6. The normalized spacial score (nSPS) is 11.1. The van der Waals surface area contributed by atoms with Gasteiger partial charge in [-0.15, -0.1) is 5.10 Å². The summed E-state index contributed by atoms with van der Waals surface area (Å²) < 4.78 is 3.88. The molecule has 3 heterocycles. The van der Waals surface area contributed by atoms with Gasteiger partial charge in [0.2, 0.25) is 5.95 Å². The van der Waals surface area contributed by atoms with E-state index in [0.29, 0.717) is 5.95 Å². The molecule has 0 spiro atoms. The largest absolute Gasteiger partial charge is 0.353 e.